The second-order valence-corrected chi connectivity index (χ2v) is 6.14. The summed E-state index contributed by atoms with van der Waals surface area (Å²) in [6, 6.07) is 8.68. The molecule has 2 rings (SSSR count). The van der Waals surface area contributed by atoms with Crippen LogP contribution < -0.4 is 5.32 Å². The van der Waals surface area contributed by atoms with E-state index >= 15 is 0 Å². The standard InChI is InChI=1S/C16H24ClN/c1-3-16(14-5-4-6-15(17)10-14)18-11-13-8-7-12(2)9-13/h4-6,10,12-13,16,18H,3,7-9,11H2,1-2H3. The molecular formula is C16H24ClN. The molecular weight excluding hydrogens is 242 g/mol. The molecule has 1 aromatic carbocycles. The molecule has 0 bridgehead atoms. The Balaban J connectivity index is 1.89. The summed E-state index contributed by atoms with van der Waals surface area (Å²) in [5.74, 6) is 1.79. The molecule has 0 spiro atoms. The van der Waals surface area contributed by atoms with Gasteiger partial charge in [-0.1, -0.05) is 44.0 Å². The predicted octanol–water partition coefficient (Wildman–Crippen LogP) is 4.82. The van der Waals surface area contributed by atoms with Gasteiger partial charge in [-0.25, -0.2) is 0 Å². The topological polar surface area (TPSA) is 12.0 Å². The summed E-state index contributed by atoms with van der Waals surface area (Å²) in [5.41, 5.74) is 1.32. The molecule has 0 saturated heterocycles. The average Bonchev–Trinajstić information content (AvgIpc) is 2.76. The molecule has 1 nitrogen and oxygen atoms in total. The molecule has 18 heavy (non-hydrogen) atoms. The lowest BCUT2D eigenvalue weighted by Crippen LogP contribution is -2.26. The molecule has 0 amide bonds. The molecule has 3 atom stereocenters. The molecule has 0 aromatic heterocycles. The van der Waals surface area contributed by atoms with Crippen LogP contribution in [0.4, 0.5) is 0 Å². The Morgan fingerprint density at radius 2 is 2.22 bits per heavy atom. The first kappa shape index (κ1) is 13.9. The van der Waals surface area contributed by atoms with Gasteiger partial charge in [0.25, 0.3) is 0 Å². The molecule has 0 aliphatic heterocycles. The van der Waals surface area contributed by atoms with E-state index < -0.39 is 0 Å². The molecule has 100 valence electrons. The van der Waals surface area contributed by atoms with Crippen molar-refractivity contribution in [3.63, 3.8) is 0 Å². The molecule has 2 heteroatoms. The van der Waals surface area contributed by atoms with Crippen molar-refractivity contribution < 1.29 is 0 Å². The maximum Gasteiger partial charge on any atom is 0.0409 e. The van der Waals surface area contributed by atoms with Crippen LogP contribution in [0.1, 0.15) is 51.1 Å². The van der Waals surface area contributed by atoms with E-state index in [-0.39, 0.29) is 0 Å². The summed E-state index contributed by atoms with van der Waals surface area (Å²) in [7, 11) is 0. The van der Waals surface area contributed by atoms with E-state index in [9.17, 15) is 0 Å². The number of nitrogens with one attached hydrogen (secondary N) is 1. The van der Waals surface area contributed by atoms with Gasteiger partial charge in [0.1, 0.15) is 0 Å². The highest BCUT2D eigenvalue weighted by molar-refractivity contribution is 6.30. The Morgan fingerprint density at radius 1 is 1.39 bits per heavy atom. The van der Waals surface area contributed by atoms with Crippen molar-refractivity contribution in [2.75, 3.05) is 6.54 Å². The number of benzene rings is 1. The summed E-state index contributed by atoms with van der Waals surface area (Å²) in [6.45, 7) is 5.75. The monoisotopic (exact) mass is 265 g/mol. The van der Waals surface area contributed by atoms with Gasteiger partial charge in [0.15, 0.2) is 0 Å². The van der Waals surface area contributed by atoms with Gasteiger partial charge in [-0.05, 0) is 55.3 Å². The lowest BCUT2D eigenvalue weighted by Gasteiger charge is -2.20. The van der Waals surface area contributed by atoms with Crippen molar-refractivity contribution in [2.24, 2.45) is 11.8 Å². The third kappa shape index (κ3) is 3.73. The smallest absolute Gasteiger partial charge is 0.0409 e. The second kappa shape index (κ2) is 6.58. The van der Waals surface area contributed by atoms with Gasteiger partial charge in [-0.15, -0.1) is 0 Å². The summed E-state index contributed by atoms with van der Waals surface area (Å²) < 4.78 is 0. The van der Waals surface area contributed by atoms with Crippen LogP contribution in [-0.2, 0) is 0 Å². The molecule has 0 radical (unpaired) electrons. The van der Waals surface area contributed by atoms with Crippen molar-refractivity contribution in [2.45, 2.75) is 45.6 Å². The van der Waals surface area contributed by atoms with Crippen molar-refractivity contribution in [3.8, 4) is 0 Å². The number of hydrogen-bond donors (Lipinski definition) is 1. The SMILES string of the molecule is CCC(NCC1CCC(C)C1)c1cccc(Cl)c1. The van der Waals surface area contributed by atoms with Crippen LogP contribution in [0.3, 0.4) is 0 Å². The summed E-state index contributed by atoms with van der Waals surface area (Å²) in [6.07, 6.45) is 5.29. The Labute approximate surface area is 116 Å². The molecule has 1 aromatic rings. The Kier molecular flexibility index (Phi) is 5.08. The summed E-state index contributed by atoms with van der Waals surface area (Å²) >= 11 is 6.06. The van der Waals surface area contributed by atoms with Crippen LogP contribution in [0, 0.1) is 11.8 Å². The van der Waals surface area contributed by atoms with Crippen molar-refractivity contribution in [1.29, 1.82) is 0 Å². The van der Waals surface area contributed by atoms with Crippen molar-refractivity contribution in [1.82, 2.24) is 5.32 Å². The zero-order valence-electron chi connectivity index (χ0n) is 11.5. The highest BCUT2D eigenvalue weighted by Gasteiger charge is 2.21. The number of halogens is 1. The largest absolute Gasteiger partial charge is 0.310 e. The minimum Gasteiger partial charge on any atom is -0.310 e. The van der Waals surface area contributed by atoms with E-state index in [1.165, 1.54) is 24.8 Å². The van der Waals surface area contributed by atoms with Crippen LogP contribution >= 0.6 is 11.6 Å². The fourth-order valence-electron chi connectivity index (χ4n) is 3.04. The van der Waals surface area contributed by atoms with E-state index in [1.807, 2.05) is 12.1 Å². The van der Waals surface area contributed by atoms with E-state index in [0.717, 1.165) is 29.8 Å². The molecule has 0 heterocycles. The van der Waals surface area contributed by atoms with Crippen LogP contribution in [0.5, 0.6) is 0 Å². The zero-order chi connectivity index (χ0) is 13.0. The number of rotatable bonds is 5. The van der Waals surface area contributed by atoms with E-state index in [0.29, 0.717) is 6.04 Å². The quantitative estimate of drug-likeness (QED) is 0.805. The van der Waals surface area contributed by atoms with Gasteiger partial charge in [-0.2, -0.15) is 0 Å². The minimum atomic E-state index is 0.444. The third-order valence-electron chi connectivity index (χ3n) is 4.12. The van der Waals surface area contributed by atoms with E-state index in [4.69, 9.17) is 11.6 Å². The van der Waals surface area contributed by atoms with Gasteiger partial charge < -0.3 is 5.32 Å². The van der Waals surface area contributed by atoms with Gasteiger partial charge in [-0.3, -0.25) is 0 Å². The molecule has 1 fully saturated rings. The third-order valence-corrected chi connectivity index (χ3v) is 4.35. The van der Waals surface area contributed by atoms with Gasteiger partial charge in [0, 0.05) is 11.1 Å². The van der Waals surface area contributed by atoms with E-state index in [2.05, 4.69) is 31.3 Å². The van der Waals surface area contributed by atoms with Crippen molar-refractivity contribution in [3.05, 3.63) is 34.9 Å². The lowest BCUT2D eigenvalue weighted by molar-refractivity contribution is 0.421. The molecule has 3 unspecified atom stereocenters. The fraction of sp³-hybridized carbons (Fsp3) is 0.625. The minimum absolute atomic E-state index is 0.444. The van der Waals surface area contributed by atoms with Crippen molar-refractivity contribution >= 4 is 11.6 Å². The highest BCUT2D eigenvalue weighted by Crippen LogP contribution is 2.30. The van der Waals surface area contributed by atoms with Crippen LogP contribution in [0.2, 0.25) is 5.02 Å². The average molecular weight is 266 g/mol. The number of hydrogen-bond acceptors (Lipinski definition) is 1. The van der Waals surface area contributed by atoms with Crippen LogP contribution in [-0.4, -0.2) is 6.54 Å². The maximum absolute atomic E-state index is 6.06. The first-order valence-corrected chi connectivity index (χ1v) is 7.55. The van der Waals surface area contributed by atoms with Crippen LogP contribution in [0.25, 0.3) is 0 Å². The molecule has 1 aliphatic rings. The molecule has 1 saturated carbocycles. The predicted molar refractivity (Wildman–Crippen MR) is 79.0 cm³/mol. The normalized spacial score (nSPS) is 25.3. The Bertz CT molecular complexity index is 377. The Morgan fingerprint density at radius 3 is 2.83 bits per heavy atom. The maximum atomic E-state index is 6.06. The summed E-state index contributed by atoms with van der Waals surface area (Å²) in [5, 5.41) is 4.55. The fourth-order valence-corrected chi connectivity index (χ4v) is 3.24. The van der Waals surface area contributed by atoms with Gasteiger partial charge in [0.2, 0.25) is 0 Å². The summed E-state index contributed by atoms with van der Waals surface area (Å²) in [4.78, 5) is 0. The first-order chi connectivity index (χ1) is 8.69. The highest BCUT2D eigenvalue weighted by atomic mass is 35.5. The van der Waals surface area contributed by atoms with Gasteiger partial charge >= 0.3 is 0 Å². The second-order valence-electron chi connectivity index (χ2n) is 5.71. The van der Waals surface area contributed by atoms with E-state index in [1.54, 1.807) is 0 Å². The molecule has 1 aliphatic carbocycles. The first-order valence-electron chi connectivity index (χ1n) is 7.18. The molecule has 1 N–H and O–H groups in total. The lowest BCUT2D eigenvalue weighted by atomic mass is 10.0. The van der Waals surface area contributed by atoms with Crippen LogP contribution in [0.15, 0.2) is 24.3 Å². The zero-order valence-corrected chi connectivity index (χ0v) is 12.2. The van der Waals surface area contributed by atoms with Gasteiger partial charge in [0.05, 0.1) is 0 Å². The Hall–Kier alpha value is -0.530.